The van der Waals surface area contributed by atoms with Crippen molar-refractivity contribution in [2.45, 2.75) is 52.1 Å². The Hall–Kier alpha value is -3.21. The molecule has 1 aromatic heterocycles. The summed E-state index contributed by atoms with van der Waals surface area (Å²) in [7, 11) is 0. The number of carbonyl (C=O) groups is 1. The smallest absolute Gasteiger partial charge is 0.251 e. The van der Waals surface area contributed by atoms with Gasteiger partial charge in [-0.05, 0) is 49.1 Å². The summed E-state index contributed by atoms with van der Waals surface area (Å²) in [6.07, 6.45) is -0.387. The van der Waals surface area contributed by atoms with E-state index in [-0.39, 0.29) is 24.3 Å². The van der Waals surface area contributed by atoms with Gasteiger partial charge in [0, 0.05) is 43.9 Å². The molecule has 3 aromatic rings. The Morgan fingerprint density at radius 1 is 1.23 bits per heavy atom. The molecule has 7 nitrogen and oxygen atoms in total. The second kappa shape index (κ2) is 12.5. The zero-order valence-electron chi connectivity index (χ0n) is 23.2. The molecule has 4 unspecified atom stereocenters. The van der Waals surface area contributed by atoms with Crippen molar-refractivity contribution in [2.24, 2.45) is 17.1 Å². The highest BCUT2D eigenvalue weighted by Crippen LogP contribution is 2.42. The Balaban J connectivity index is 1.92. The molecule has 0 aliphatic carbocycles. The molecule has 2 aromatic carbocycles. The third-order valence-electron chi connectivity index (χ3n) is 7.62. The molecule has 0 radical (unpaired) electrons. The molecule has 40 heavy (non-hydrogen) atoms. The predicted molar refractivity (Wildman–Crippen MR) is 148 cm³/mol. The highest BCUT2D eigenvalue weighted by atomic mass is 19.1. The molecule has 4 rings (SSSR count). The molecule has 1 aliphatic heterocycles. The van der Waals surface area contributed by atoms with Gasteiger partial charge in [-0.1, -0.05) is 44.2 Å². The normalized spacial score (nSPS) is 19.0. The van der Waals surface area contributed by atoms with Crippen molar-refractivity contribution in [1.29, 1.82) is 0 Å². The zero-order chi connectivity index (χ0) is 29.0. The lowest BCUT2D eigenvalue weighted by molar-refractivity contribution is -0.146. The van der Waals surface area contributed by atoms with Crippen LogP contribution in [-0.4, -0.2) is 63.9 Å². The number of aromatic nitrogens is 2. The van der Waals surface area contributed by atoms with Crippen LogP contribution >= 0.6 is 0 Å². The van der Waals surface area contributed by atoms with E-state index in [0.717, 1.165) is 23.8 Å². The summed E-state index contributed by atoms with van der Waals surface area (Å²) in [5.41, 5.74) is 6.44. The van der Waals surface area contributed by atoms with Crippen LogP contribution in [0.1, 0.15) is 44.6 Å². The van der Waals surface area contributed by atoms with Crippen LogP contribution in [0.25, 0.3) is 11.3 Å². The first-order chi connectivity index (χ1) is 19.0. The van der Waals surface area contributed by atoms with Crippen molar-refractivity contribution in [2.75, 3.05) is 26.2 Å². The van der Waals surface area contributed by atoms with E-state index in [1.165, 1.54) is 11.8 Å². The van der Waals surface area contributed by atoms with E-state index in [2.05, 4.69) is 5.32 Å². The average Bonchev–Trinajstić information content (AvgIpc) is 3.50. The molecular formula is C30H38F3N5O2. The summed E-state index contributed by atoms with van der Waals surface area (Å²) in [5.74, 6) is -1.89. The van der Waals surface area contributed by atoms with Crippen LogP contribution in [-0.2, 0) is 11.3 Å². The maximum absolute atomic E-state index is 14.9. The molecule has 4 N–H and O–H groups in total. The second-order valence-corrected chi connectivity index (χ2v) is 11.3. The number of hydrogen-bond acceptors (Lipinski definition) is 5. The molecule has 1 aliphatic rings. The van der Waals surface area contributed by atoms with Gasteiger partial charge in [0.1, 0.15) is 29.7 Å². The largest absolute Gasteiger partial charge is 0.384 e. The number of hydrogen-bond donors (Lipinski definition) is 3. The number of imidazole rings is 1. The number of amides is 1. The fraction of sp³-hybridized carbons (Fsp3) is 0.467. The molecule has 0 spiro atoms. The minimum absolute atomic E-state index is 0.0133. The first-order valence-corrected chi connectivity index (χ1v) is 13.6. The lowest BCUT2D eigenvalue weighted by Crippen LogP contribution is -2.50. The van der Waals surface area contributed by atoms with Gasteiger partial charge in [0.25, 0.3) is 5.91 Å². The molecule has 0 saturated carbocycles. The lowest BCUT2D eigenvalue weighted by Gasteiger charge is -2.43. The van der Waals surface area contributed by atoms with Gasteiger partial charge in [0.05, 0.1) is 11.7 Å². The van der Waals surface area contributed by atoms with Crippen molar-refractivity contribution in [1.82, 2.24) is 19.8 Å². The van der Waals surface area contributed by atoms with Crippen molar-refractivity contribution in [3.8, 4) is 11.3 Å². The van der Waals surface area contributed by atoms with Crippen LogP contribution < -0.4 is 11.1 Å². The van der Waals surface area contributed by atoms with E-state index < -0.39 is 47.2 Å². The summed E-state index contributed by atoms with van der Waals surface area (Å²) >= 11 is 0. The fourth-order valence-corrected chi connectivity index (χ4v) is 5.49. The number of alkyl halides is 1. The van der Waals surface area contributed by atoms with Crippen LogP contribution in [0.3, 0.4) is 0 Å². The van der Waals surface area contributed by atoms with E-state index in [9.17, 15) is 23.1 Å². The Morgan fingerprint density at radius 3 is 2.58 bits per heavy atom. The SMILES string of the molecule is CC(O)C(=O)N(CC1CNCC1F)C(c1nc(-c2cc(F)ccc2F)cn1Cc1ccccc1)C(C)(C)CCN. The van der Waals surface area contributed by atoms with E-state index in [1.807, 2.05) is 48.7 Å². The quantitative estimate of drug-likeness (QED) is 0.331. The molecule has 1 saturated heterocycles. The minimum atomic E-state index is -1.35. The van der Waals surface area contributed by atoms with Crippen LogP contribution in [0.5, 0.6) is 0 Å². The second-order valence-electron chi connectivity index (χ2n) is 11.3. The summed E-state index contributed by atoms with van der Waals surface area (Å²) in [6, 6.07) is 12.0. The van der Waals surface area contributed by atoms with Crippen molar-refractivity contribution in [3.63, 3.8) is 0 Å². The molecule has 0 bridgehead atoms. The molecule has 2 heterocycles. The van der Waals surface area contributed by atoms with E-state index in [1.54, 1.807) is 6.20 Å². The summed E-state index contributed by atoms with van der Waals surface area (Å²) in [6.45, 7) is 6.51. The van der Waals surface area contributed by atoms with Gasteiger partial charge >= 0.3 is 0 Å². The Morgan fingerprint density at radius 2 is 1.95 bits per heavy atom. The molecule has 10 heteroatoms. The standard InChI is InChI=1S/C30H38F3N5O2/c1-19(39)29(40)38(17-21-14-35-15-25(21)33)27(30(2,3)11-12-34)28-36-26(23-13-22(31)9-10-24(23)32)18-37(28)16-20-7-5-4-6-8-20/h4-10,13,18-19,21,25,27,35,39H,11-12,14-17,34H2,1-3H3. The highest BCUT2D eigenvalue weighted by molar-refractivity contribution is 5.80. The van der Waals surface area contributed by atoms with Crippen molar-refractivity contribution >= 4 is 5.91 Å². The monoisotopic (exact) mass is 557 g/mol. The van der Waals surface area contributed by atoms with Crippen LogP contribution in [0, 0.1) is 23.0 Å². The van der Waals surface area contributed by atoms with Crippen molar-refractivity contribution < 1.29 is 23.1 Å². The first-order valence-electron chi connectivity index (χ1n) is 13.6. The number of aliphatic hydroxyl groups is 1. The lowest BCUT2D eigenvalue weighted by atomic mass is 9.79. The first kappa shape index (κ1) is 29.8. The highest BCUT2D eigenvalue weighted by Gasteiger charge is 2.43. The number of nitrogens with zero attached hydrogens (tertiary/aromatic N) is 3. The van der Waals surface area contributed by atoms with Gasteiger partial charge in [-0.15, -0.1) is 0 Å². The van der Waals surface area contributed by atoms with Gasteiger partial charge in [-0.3, -0.25) is 4.79 Å². The number of nitrogens with two attached hydrogens (primary N) is 1. The number of carbonyl (C=O) groups excluding carboxylic acids is 1. The summed E-state index contributed by atoms with van der Waals surface area (Å²) in [4.78, 5) is 19.9. The minimum Gasteiger partial charge on any atom is -0.384 e. The Labute approximate surface area is 233 Å². The van der Waals surface area contributed by atoms with Gasteiger partial charge in [0.15, 0.2) is 0 Å². The number of rotatable bonds is 11. The molecule has 216 valence electrons. The van der Waals surface area contributed by atoms with Crippen LogP contribution in [0.15, 0.2) is 54.7 Å². The number of halogens is 3. The fourth-order valence-electron chi connectivity index (χ4n) is 5.49. The van der Waals surface area contributed by atoms with Gasteiger partial charge < -0.3 is 25.6 Å². The maximum atomic E-state index is 14.9. The van der Waals surface area contributed by atoms with Gasteiger partial charge in [-0.25, -0.2) is 18.2 Å². The topological polar surface area (TPSA) is 96.4 Å². The number of benzene rings is 2. The van der Waals surface area contributed by atoms with Gasteiger partial charge in [0.2, 0.25) is 0 Å². The van der Waals surface area contributed by atoms with E-state index in [4.69, 9.17) is 10.7 Å². The molecular weight excluding hydrogens is 519 g/mol. The van der Waals surface area contributed by atoms with E-state index in [0.29, 0.717) is 31.9 Å². The third-order valence-corrected chi connectivity index (χ3v) is 7.62. The Kier molecular flexibility index (Phi) is 9.33. The number of aliphatic hydroxyl groups excluding tert-OH is 1. The third kappa shape index (κ3) is 6.56. The van der Waals surface area contributed by atoms with Crippen molar-refractivity contribution in [3.05, 3.63) is 77.8 Å². The number of nitrogens with one attached hydrogen (secondary N) is 1. The van der Waals surface area contributed by atoms with Crippen LogP contribution in [0.2, 0.25) is 0 Å². The molecule has 1 amide bonds. The Bertz CT molecular complexity index is 1300. The maximum Gasteiger partial charge on any atom is 0.251 e. The summed E-state index contributed by atoms with van der Waals surface area (Å²) < 4.78 is 45.7. The average molecular weight is 558 g/mol. The molecule has 1 fully saturated rings. The van der Waals surface area contributed by atoms with Crippen LogP contribution in [0.4, 0.5) is 13.2 Å². The molecule has 4 atom stereocenters. The van der Waals surface area contributed by atoms with E-state index >= 15 is 0 Å². The summed E-state index contributed by atoms with van der Waals surface area (Å²) in [5, 5.41) is 13.5. The predicted octanol–water partition coefficient (Wildman–Crippen LogP) is 4.06. The van der Waals surface area contributed by atoms with Gasteiger partial charge in [-0.2, -0.15) is 0 Å². The zero-order valence-corrected chi connectivity index (χ0v) is 23.2.